The first-order chi connectivity index (χ1) is 12.1. The van der Waals surface area contributed by atoms with Crippen molar-refractivity contribution >= 4 is 17.6 Å². The van der Waals surface area contributed by atoms with E-state index in [2.05, 4.69) is 27.5 Å². The molecule has 134 valence electrons. The van der Waals surface area contributed by atoms with Gasteiger partial charge in [-0.05, 0) is 37.6 Å². The lowest BCUT2D eigenvalue weighted by Gasteiger charge is -2.11. The van der Waals surface area contributed by atoms with E-state index in [-0.39, 0.29) is 5.96 Å². The molecule has 7 heteroatoms. The molecule has 7 nitrogen and oxygen atoms in total. The zero-order valence-electron chi connectivity index (χ0n) is 14.9. The van der Waals surface area contributed by atoms with Gasteiger partial charge in [0, 0.05) is 17.4 Å². The molecule has 0 bridgehead atoms. The van der Waals surface area contributed by atoms with Crippen LogP contribution < -0.4 is 20.1 Å². The number of benzene rings is 1. The van der Waals surface area contributed by atoms with Gasteiger partial charge in [0.25, 0.3) is 0 Å². The lowest BCUT2D eigenvalue weighted by atomic mass is 10.2. The summed E-state index contributed by atoms with van der Waals surface area (Å²) in [6, 6.07) is 9.22. The molecule has 0 spiro atoms. The molecular weight excluding hydrogens is 318 g/mol. The molecular formula is C18H25N5O2. The van der Waals surface area contributed by atoms with Gasteiger partial charge in [0.15, 0.2) is 5.96 Å². The molecule has 0 aliphatic heterocycles. The van der Waals surface area contributed by atoms with E-state index in [0.29, 0.717) is 11.8 Å². The van der Waals surface area contributed by atoms with Crippen LogP contribution in [0.25, 0.3) is 0 Å². The summed E-state index contributed by atoms with van der Waals surface area (Å²) >= 11 is 0. The summed E-state index contributed by atoms with van der Waals surface area (Å²) < 4.78 is 10.8. The van der Waals surface area contributed by atoms with Crippen LogP contribution in [-0.4, -0.2) is 29.6 Å². The maximum Gasteiger partial charge on any atom is 0.233 e. The van der Waals surface area contributed by atoms with E-state index in [0.717, 1.165) is 30.2 Å². The van der Waals surface area contributed by atoms with Crippen LogP contribution in [0.4, 0.5) is 11.6 Å². The molecule has 1 heterocycles. The Hall–Kier alpha value is -2.83. The largest absolute Gasteiger partial charge is 0.494 e. The van der Waals surface area contributed by atoms with Gasteiger partial charge in [0.05, 0.1) is 13.7 Å². The van der Waals surface area contributed by atoms with E-state index in [1.54, 1.807) is 13.2 Å². The van der Waals surface area contributed by atoms with Crippen molar-refractivity contribution in [3.63, 3.8) is 0 Å². The second kappa shape index (κ2) is 9.46. The summed E-state index contributed by atoms with van der Waals surface area (Å²) in [4.78, 5) is 8.37. The molecule has 2 aromatic rings. The highest BCUT2D eigenvalue weighted by Gasteiger charge is 2.05. The Labute approximate surface area is 148 Å². The van der Waals surface area contributed by atoms with E-state index in [4.69, 9.17) is 14.9 Å². The SMILES string of the molecule is CCCCCOc1ccc(NC(=N)Nc2nc(C)cc(OC)n2)cc1. The van der Waals surface area contributed by atoms with Gasteiger partial charge >= 0.3 is 0 Å². The van der Waals surface area contributed by atoms with E-state index in [1.165, 1.54) is 12.8 Å². The van der Waals surface area contributed by atoms with Crippen molar-refractivity contribution < 1.29 is 9.47 Å². The predicted molar refractivity (Wildman–Crippen MR) is 99.8 cm³/mol. The quantitative estimate of drug-likeness (QED) is 0.383. The number of rotatable bonds is 8. The number of aromatic nitrogens is 2. The fourth-order valence-corrected chi connectivity index (χ4v) is 2.16. The van der Waals surface area contributed by atoms with Crippen LogP contribution in [0, 0.1) is 12.3 Å². The highest BCUT2D eigenvalue weighted by atomic mass is 16.5. The monoisotopic (exact) mass is 343 g/mol. The van der Waals surface area contributed by atoms with Crippen molar-refractivity contribution in [2.45, 2.75) is 33.1 Å². The molecule has 0 unspecified atom stereocenters. The molecule has 2 rings (SSSR count). The van der Waals surface area contributed by atoms with Gasteiger partial charge in [-0.1, -0.05) is 19.8 Å². The first kappa shape index (κ1) is 18.5. The third-order valence-electron chi connectivity index (χ3n) is 3.42. The molecule has 0 fully saturated rings. The number of ether oxygens (including phenoxy) is 2. The zero-order chi connectivity index (χ0) is 18.1. The molecule has 25 heavy (non-hydrogen) atoms. The Bertz CT molecular complexity index is 688. The van der Waals surface area contributed by atoms with E-state index in [1.807, 2.05) is 31.2 Å². The normalized spacial score (nSPS) is 10.2. The maximum absolute atomic E-state index is 8.00. The molecule has 0 atom stereocenters. The lowest BCUT2D eigenvalue weighted by molar-refractivity contribution is 0.306. The smallest absolute Gasteiger partial charge is 0.233 e. The number of aryl methyl sites for hydroxylation is 1. The van der Waals surface area contributed by atoms with E-state index in [9.17, 15) is 0 Å². The third kappa shape index (κ3) is 6.29. The topological polar surface area (TPSA) is 92.2 Å². The van der Waals surface area contributed by atoms with Crippen LogP contribution in [0.15, 0.2) is 30.3 Å². The highest BCUT2D eigenvalue weighted by Crippen LogP contribution is 2.17. The number of hydrogen-bond donors (Lipinski definition) is 3. The van der Waals surface area contributed by atoms with Gasteiger partial charge < -0.3 is 14.8 Å². The number of hydrogen-bond acceptors (Lipinski definition) is 5. The van der Waals surface area contributed by atoms with Crippen LogP contribution in [0.1, 0.15) is 31.9 Å². The second-order valence-corrected chi connectivity index (χ2v) is 5.58. The van der Waals surface area contributed by atoms with Crippen molar-refractivity contribution in [3.05, 3.63) is 36.0 Å². The van der Waals surface area contributed by atoms with E-state index >= 15 is 0 Å². The van der Waals surface area contributed by atoms with Crippen LogP contribution >= 0.6 is 0 Å². The number of nitrogens with one attached hydrogen (secondary N) is 3. The first-order valence-electron chi connectivity index (χ1n) is 8.36. The average Bonchev–Trinajstić information content (AvgIpc) is 2.59. The minimum absolute atomic E-state index is 0.0734. The Balaban J connectivity index is 1.87. The third-order valence-corrected chi connectivity index (χ3v) is 3.42. The Morgan fingerprint density at radius 2 is 1.88 bits per heavy atom. The number of nitrogens with zero attached hydrogens (tertiary/aromatic N) is 2. The minimum atomic E-state index is 0.0734. The van der Waals surface area contributed by atoms with Gasteiger partial charge in [-0.25, -0.2) is 4.98 Å². The molecule has 0 saturated carbocycles. The maximum atomic E-state index is 8.00. The van der Waals surface area contributed by atoms with Gasteiger partial charge in [-0.2, -0.15) is 4.98 Å². The molecule has 0 saturated heterocycles. The number of guanidine groups is 1. The molecule has 0 radical (unpaired) electrons. The number of unbranched alkanes of at least 4 members (excludes halogenated alkanes) is 2. The van der Waals surface area contributed by atoms with Crippen LogP contribution in [0.3, 0.4) is 0 Å². The number of methoxy groups -OCH3 is 1. The van der Waals surface area contributed by atoms with Crippen molar-refractivity contribution in [2.24, 2.45) is 0 Å². The van der Waals surface area contributed by atoms with Gasteiger partial charge in [-0.3, -0.25) is 10.7 Å². The average molecular weight is 343 g/mol. The summed E-state index contributed by atoms with van der Waals surface area (Å²) in [5.41, 5.74) is 1.53. The van der Waals surface area contributed by atoms with Crippen molar-refractivity contribution in [1.82, 2.24) is 9.97 Å². The molecule has 3 N–H and O–H groups in total. The summed E-state index contributed by atoms with van der Waals surface area (Å²) in [5.74, 6) is 1.66. The molecule has 0 amide bonds. The Morgan fingerprint density at radius 3 is 2.56 bits per heavy atom. The Morgan fingerprint density at radius 1 is 1.12 bits per heavy atom. The van der Waals surface area contributed by atoms with Gasteiger partial charge in [0.1, 0.15) is 5.75 Å². The molecule has 0 aliphatic carbocycles. The minimum Gasteiger partial charge on any atom is -0.494 e. The van der Waals surface area contributed by atoms with Crippen molar-refractivity contribution in [3.8, 4) is 11.6 Å². The van der Waals surface area contributed by atoms with Crippen molar-refractivity contribution in [1.29, 1.82) is 5.41 Å². The summed E-state index contributed by atoms with van der Waals surface area (Å²) in [7, 11) is 1.54. The Kier molecular flexibility index (Phi) is 7.00. The van der Waals surface area contributed by atoms with Crippen LogP contribution in [-0.2, 0) is 0 Å². The lowest BCUT2D eigenvalue weighted by Crippen LogP contribution is -2.22. The van der Waals surface area contributed by atoms with Crippen LogP contribution in [0.2, 0.25) is 0 Å². The van der Waals surface area contributed by atoms with Gasteiger partial charge in [-0.15, -0.1) is 0 Å². The standard InChI is InChI=1S/C18H25N5O2/c1-4-5-6-11-25-15-9-7-14(8-10-15)21-17(19)23-18-20-13(2)12-16(22-18)24-3/h7-10,12H,4-6,11H2,1-3H3,(H3,19,20,21,22,23). The summed E-state index contributed by atoms with van der Waals surface area (Å²) in [6.45, 7) is 4.73. The summed E-state index contributed by atoms with van der Waals surface area (Å²) in [6.07, 6.45) is 3.41. The fraction of sp³-hybridized carbons (Fsp3) is 0.389. The van der Waals surface area contributed by atoms with Crippen LogP contribution in [0.5, 0.6) is 11.6 Å². The van der Waals surface area contributed by atoms with Crippen molar-refractivity contribution in [2.75, 3.05) is 24.4 Å². The van der Waals surface area contributed by atoms with Gasteiger partial charge in [0.2, 0.25) is 11.8 Å². The molecule has 1 aromatic carbocycles. The predicted octanol–water partition coefficient (Wildman–Crippen LogP) is 3.82. The molecule has 0 aliphatic rings. The van der Waals surface area contributed by atoms with E-state index < -0.39 is 0 Å². The zero-order valence-corrected chi connectivity index (χ0v) is 14.9. The second-order valence-electron chi connectivity index (χ2n) is 5.58. The summed E-state index contributed by atoms with van der Waals surface area (Å²) in [5, 5.41) is 13.8. The molecule has 1 aromatic heterocycles. The number of anilines is 2. The fourth-order valence-electron chi connectivity index (χ4n) is 2.16. The first-order valence-corrected chi connectivity index (χ1v) is 8.36. The highest BCUT2D eigenvalue weighted by molar-refractivity contribution is 6.00.